The number of benzene rings is 1. The van der Waals surface area contributed by atoms with Crippen LogP contribution in [-0.2, 0) is 62.4 Å². The summed E-state index contributed by atoms with van der Waals surface area (Å²) in [4.78, 5) is 134. The number of aromatic nitrogens is 4. The third kappa shape index (κ3) is 17.6. The highest BCUT2D eigenvalue weighted by Crippen LogP contribution is 2.09. The Morgan fingerprint density at radius 1 is 0.609 bits per heavy atom. The molecule has 2 aromatic heterocycles. The average Bonchev–Trinajstić information content (AvgIpc) is 3.95. The van der Waals surface area contributed by atoms with Gasteiger partial charge in [0.1, 0.15) is 36.3 Å². The van der Waals surface area contributed by atoms with E-state index in [4.69, 9.17) is 17.2 Å². The zero-order valence-corrected chi connectivity index (χ0v) is 34.5. The summed E-state index contributed by atoms with van der Waals surface area (Å²) >= 11 is 0. The van der Waals surface area contributed by atoms with Gasteiger partial charge in [0.15, 0.2) is 5.96 Å². The first-order valence-corrected chi connectivity index (χ1v) is 19.6. The number of guanidine groups is 1. The molecule has 0 radical (unpaired) electrons. The molecule has 6 amide bonds. The predicted octanol–water partition coefficient (Wildman–Crippen LogP) is -4.50. The van der Waals surface area contributed by atoms with Crippen LogP contribution in [0.2, 0.25) is 0 Å². The third-order valence-electron chi connectivity index (χ3n) is 9.14. The highest BCUT2D eigenvalue weighted by atomic mass is 16.4. The number of hydrogen-bond donors (Lipinski definition) is 14. The molecule has 1 aromatic carbocycles. The lowest BCUT2D eigenvalue weighted by atomic mass is 10.0. The lowest BCUT2D eigenvalue weighted by molar-refractivity contribution is -0.142. The highest BCUT2D eigenvalue weighted by molar-refractivity contribution is 5.98. The van der Waals surface area contributed by atoms with Crippen molar-refractivity contribution in [3.63, 3.8) is 0 Å². The Morgan fingerprint density at radius 2 is 1.03 bits per heavy atom. The molecular formula is C38H52N14O12. The van der Waals surface area contributed by atoms with Gasteiger partial charge in [-0.05, 0) is 25.3 Å². The number of aliphatic imine (C=N–C) groups is 1. The van der Waals surface area contributed by atoms with Gasteiger partial charge in [-0.25, -0.2) is 14.8 Å². The fraction of sp³-hybridized carbons (Fsp3) is 0.421. The number of carboxylic acids is 3. The SMILES string of the molecule is C[C@H](N)C(=O)N[C@@H](CC(=O)O)C(=O)N[C@@H](Cc1cnc[nH]1)C(=O)N[C@@H](CC(=O)O)C(=O)N[C@@H](Cc1ccccc1)C(=O)N[C@@H](CCCN=C(N)N)C(=O)N[C@@H](Cc1cnc[nH]1)C(=O)O. The molecule has 26 heteroatoms. The van der Waals surface area contributed by atoms with E-state index in [-0.39, 0.29) is 50.3 Å². The molecule has 0 aliphatic heterocycles. The molecule has 64 heavy (non-hydrogen) atoms. The molecule has 7 atom stereocenters. The second-order valence-electron chi connectivity index (χ2n) is 14.4. The Labute approximate surface area is 364 Å². The minimum absolute atomic E-state index is 0.0167. The van der Waals surface area contributed by atoms with Gasteiger partial charge in [0, 0.05) is 49.6 Å². The van der Waals surface area contributed by atoms with E-state index in [9.17, 15) is 58.5 Å². The summed E-state index contributed by atoms with van der Waals surface area (Å²) in [5.41, 5.74) is 17.6. The minimum Gasteiger partial charge on any atom is -0.481 e. The number of aliphatic carboxylic acids is 3. The molecule has 0 unspecified atom stereocenters. The van der Waals surface area contributed by atoms with Gasteiger partial charge >= 0.3 is 17.9 Å². The molecule has 2 heterocycles. The van der Waals surface area contributed by atoms with Gasteiger partial charge < -0.3 is 74.4 Å². The van der Waals surface area contributed by atoms with Crippen molar-refractivity contribution >= 4 is 59.3 Å². The number of hydrogen-bond acceptors (Lipinski definition) is 13. The van der Waals surface area contributed by atoms with Crippen molar-refractivity contribution in [3.05, 3.63) is 72.3 Å². The van der Waals surface area contributed by atoms with Crippen LogP contribution in [0.5, 0.6) is 0 Å². The lowest BCUT2D eigenvalue weighted by Gasteiger charge is -2.27. The number of nitrogens with two attached hydrogens (primary N) is 3. The molecule has 17 N–H and O–H groups in total. The van der Waals surface area contributed by atoms with Crippen LogP contribution in [0, 0.1) is 0 Å². The average molecular weight is 897 g/mol. The summed E-state index contributed by atoms with van der Waals surface area (Å²) in [5, 5.41) is 43.2. The molecule has 346 valence electrons. The van der Waals surface area contributed by atoms with E-state index < -0.39 is 108 Å². The second kappa shape index (κ2) is 25.1. The number of carbonyl (C=O) groups is 9. The Kier molecular flexibility index (Phi) is 19.8. The van der Waals surface area contributed by atoms with Crippen LogP contribution in [0.4, 0.5) is 0 Å². The fourth-order valence-electron chi connectivity index (χ4n) is 5.91. The lowest BCUT2D eigenvalue weighted by Crippen LogP contribution is -2.60. The standard InChI is InChI=1S/C38H52N14O12/c1-19(39)31(57)48-26(13-29(53)54)35(61)50-25(11-21-15-42-17-45-21)34(60)51-27(14-30(55)56)36(62)49-24(10-20-6-3-2-4-7-20)33(59)47-23(8-5-9-44-38(40)41)32(58)52-28(37(63)64)12-22-16-43-18-46-22/h2-4,6-7,15-19,23-28H,5,8-14,39H2,1H3,(H,42,45)(H,43,46)(H,47,59)(H,48,57)(H,49,62)(H,50,61)(H,51,60)(H,52,58)(H,53,54)(H,55,56)(H,63,64)(H4,40,41,44)/t19-,23-,24-,25-,26-,27-,28-/m0/s1. The van der Waals surface area contributed by atoms with Crippen LogP contribution in [0.1, 0.15) is 49.6 Å². The van der Waals surface area contributed by atoms with Crippen molar-refractivity contribution in [2.45, 2.75) is 94.2 Å². The van der Waals surface area contributed by atoms with E-state index in [2.05, 4.69) is 56.8 Å². The molecule has 0 fully saturated rings. The molecule has 26 nitrogen and oxygen atoms in total. The molecule has 0 spiro atoms. The van der Waals surface area contributed by atoms with Crippen molar-refractivity contribution in [3.8, 4) is 0 Å². The Morgan fingerprint density at radius 3 is 1.48 bits per heavy atom. The van der Waals surface area contributed by atoms with Gasteiger partial charge in [-0.15, -0.1) is 0 Å². The summed E-state index contributed by atoms with van der Waals surface area (Å²) in [5.74, 6) is -10.9. The van der Waals surface area contributed by atoms with Crippen molar-refractivity contribution < 1.29 is 58.5 Å². The van der Waals surface area contributed by atoms with Gasteiger partial charge in [-0.2, -0.15) is 0 Å². The Bertz CT molecular complexity index is 2090. The maximum Gasteiger partial charge on any atom is 0.326 e. The number of aromatic amines is 2. The van der Waals surface area contributed by atoms with Gasteiger partial charge in [0.05, 0.1) is 31.5 Å². The van der Waals surface area contributed by atoms with E-state index in [1.165, 1.54) is 32.0 Å². The number of rotatable bonds is 27. The van der Waals surface area contributed by atoms with E-state index in [0.717, 1.165) is 0 Å². The molecule has 0 aliphatic carbocycles. The maximum atomic E-state index is 14.1. The number of nitrogens with zero attached hydrogens (tertiary/aromatic N) is 3. The van der Waals surface area contributed by atoms with Crippen molar-refractivity contribution in [2.24, 2.45) is 22.2 Å². The molecule has 3 aromatic rings. The molecule has 0 saturated heterocycles. The van der Waals surface area contributed by atoms with Gasteiger partial charge in [0.25, 0.3) is 0 Å². The first kappa shape index (κ1) is 50.5. The zero-order chi connectivity index (χ0) is 47.3. The van der Waals surface area contributed by atoms with Crippen LogP contribution < -0.4 is 49.1 Å². The van der Waals surface area contributed by atoms with E-state index >= 15 is 0 Å². The van der Waals surface area contributed by atoms with Crippen molar-refractivity contribution in [1.29, 1.82) is 0 Å². The van der Waals surface area contributed by atoms with Crippen LogP contribution in [-0.4, -0.2) is 143 Å². The first-order valence-electron chi connectivity index (χ1n) is 19.6. The largest absolute Gasteiger partial charge is 0.481 e. The topological polar surface area (TPSA) is 434 Å². The summed E-state index contributed by atoms with van der Waals surface area (Å²) < 4.78 is 0. The van der Waals surface area contributed by atoms with Crippen LogP contribution in [0.25, 0.3) is 0 Å². The van der Waals surface area contributed by atoms with E-state index in [1.807, 2.05) is 0 Å². The third-order valence-corrected chi connectivity index (χ3v) is 9.14. The van der Waals surface area contributed by atoms with Gasteiger partial charge in [-0.3, -0.25) is 43.3 Å². The predicted molar refractivity (Wildman–Crippen MR) is 222 cm³/mol. The van der Waals surface area contributed by atoms with Crippen LogP contribution >= 0.6 is 0 Å². The molecule has 3 rings (SSSR count). The number of imidazole rings is 2. The smallest absolute Gasteiger partial charge is 0.326 e. The quantitative estimate of drug-likeness (QED) is 0.0195. The fourth-order valence-corrected chi connectivity index (χ4v) is 5.91. The van der Waals surface area contributed by atoms with Crippen molar-refractivity contribution in [1.82, 2.24) is 51.8 Å². The van der Waals surface area contributed by atoms with E-state index in [1.54, 1.807) is 30.3 Å². The molecule has 0 aliphatic rings. The molecule has 0 bridgehead atoms. The summed E-state index contributed by atoms with van der Waals surface area (Å²) in [6, 6.07) is -2.65. The summed E-state index contributed by atoms with van der Waals surface area (Å²) in [6.45, 7) is 1.30. The summed E-state index contributed by atoms with van der Waals surface area (Å²) in [7, 11) is 0. The van der Waals surface area contributed by atoms with Gasteiger partial charge in [0.2, 0.25) is 35.4 Å². The number of nitrogens with one attached hydrogen (secondary N) is 8. The number of amides is 6. The first-order chi connectivity index (χ1) is 30.3. The molecule has 0 saturated carbocycles. The van der Waals surface area contributed by atoms with Crippen LogP contribution in [0.3, 0.4) is 0 Å². The minimum atomic E-state index is -1.91. The Hall–Kier alpha value is -7.90. The number of H-pyrrole nitrogens is 2. The normalized spacial score (nSPS) is 14.1. The van der Waals surface area contributed by atoms with Gasteiger partial charge in [-0.1, -0.05) is 30.3 Å². The summed E-state index contributed by atoms with van der Waals surface area (Å²) in [6.07, 6.45) is 2.49. The molecular weight excluding hydrogens is 845 g/mol. The second-order valence-corrected chi connectivity index (χ2v) is 14.4. The monoisotopic (exact) mass is 896 g/mol. The maximum absolute atomic E-state index is 14.1. The zero-order valence-electron chi connectivity index (χ0n) is 34.5. The Balaban J connectivity index is 1.92. The van der Waals surface area contributed by atoms with Crippen LogP contribution in [0.15, 0.2) is 60.4 Å². The highest BCUT2D eigenvalue weighted by Gasteiger charge is 2.35. The number of carbonyl (C=O) groups excluding carboxylic acids is 6. The van der Waals surface area contributed by atoms with Crippen molar-refractivity contribution in [2.75, 3.05) is 6.54 Å². The number of carboxylic acid groups (broad SMARTS) is 3. The van der Waals surface area contributed by atoms with E-state index in [0.29, 0.717) is 11.3 Å².